The fraction of sp³-hybridized carbons (Fsp3) is 0.786. The van der Waals surface area contributed by atoms with Crippen LogP contribution in [-0.2, 0) is 9.59 Å². The molecule has 2 fully saturated rings. The van der Waals surface area contributed by atoms with Crippen molar-refractivity contribution in [1.29, 1.82) is 0 Å². The smallest absolute Gasteiger partial charge is 0.325 e. The fourth-order valence-electron chi connectivity index (χ4n) is 2.41. The number of urea groups is 1. The van der Waals surface area contributed by atoms with Gasteiger partial charge in [-0.1, -0.05) is 13.8 Å². The van der Waals surface area contributed by atoms with Crippen LogP contribution in [0.15, 0.2) is 0 Å². The molecule has 0 radical (unpaired) electrons. The average molecular weight is 281 g/mol. The van der Waals surface area contributed by atoms with Gasteiger partial charge in [0.1, 0.15) is 12.1 Å². The Labute approximate surface area is 119 Å². The average Bonchev–Trinajstić information content (AvgIpc) is 3.15. The van der Waals surface area contributed by atoms with Gasteiger partial charge in [-0.15, -0.1) is 0 Å². The third-order valence-electron chi connectivity index (χ3n) is 4.39. The van der Waals surface area contributed by atoms with Crippen LogP contribution in [0.4, 0.5) is 4.79 Å². The summed E-state index contributed by atoms with van der Waals surface area (Å²) in [6.45, 7) is 7.46. The molecule has 0 aromatic carbocycles. The van der Waals surface area contributed by atoms with E-state index in [4.69, 9.17) is 0 Å². The van der Waals surface area contributed by atoms with E-state index in [2.05, 4.69) is 10.6 Å². The number of nitrogens with zero attached hydrogens (tertiary/aromatic N) is 1. The molecular weight excluding hydrogens is 258 g/mol. The molecule has 1 heterocycles. The van der Waals surface area contributed by atoms with Gasteiger partial charge >= 0.3 is 6.03 Å². The first kappa shape index (κ1) is 14.8. The van der Waals surface area contributed by atoms with Crippen LogP contribution in [0, 0.1) is 11.8 Å². The molecule has 2 unspecified atom stereocenters. The highest BCUT2D eigenvalue weighted by Crippen LogP contribution is 2.42. The zero-order chi connectivity index (χ0) is 15.1. The zero-order valence-electron chi connectivity index (χ0n) is 12.5. The summed E-state index contributed by atoms with van der Waals surface area (Å²) in [7, 11) is 0. The largest absolute Gasteiger partial charge is 0.352 e. The standard InChI is InChI=1S/C14H23N3O3/c1-8(2)9(3)15-11(18)7-17-12(19)14(4,10-5-6-10)16-13(17)20/h8-10H,5-7H2,1-4H3,(H,15,18)(H,16,20). The van der Waals surface area contributed by atoms with Crippen LogP contribution in [0.25, 0.3) is 0 Å². The number of amides is 4. The molecule has 0 spiro atoms. The van der Waals surface area contributed by atoms with Crippen molar-refractivity contribution in [2.75, 3.05) is 6.54 Å². The van der Waals surface area contributed by atoms with Crippen LogP contribution >= 0.6 is 0 Å². The van der Waals surface area contributed by atoms with E-state index >= 15 is 0 Å². The zero-order valence-corrected chi connectivity index (χ0v) is 12.5. The van der Waals surface area contributed by atoms with E-state index in [1.54, 1.807) is 6.92 Å². The predicted molar refractivity (Wildman–Crippen MR) is 73.8 cm³/mol. The summed E-state index contributed by atoms with van der Waals surface area (Å²) in [5.74, 6) is -0.0625. The van der Waals surface area contributed by atoms with Gasteiger partial charge in [-0.3, -0.25) is 14.5 Å². The molecule has 0 aromatic heterocycles. The van der Waals surface area contributed by atoms with Gasteiger partial charge in [-0.2, -0.15) is 0 Å². The van der Waals surface area contributed by atoms with Crippen LogP contribution in [0.5, 0.6) is 0 Å². The molecule has 20 heavy (non-hydrogen) atoms. The molecule has 6 heteroatoms. The Bertz CT molecular complexity index is 445. The first-order chi connectivity index (χ1) is 9.25. The molecule has 2 rings (SSSR count). The van der Waals surface area contributed by atoms with Crippen molar-refractivity contribution in [3.05, 3.63) is 0 Å². The van der Waals surface area contributed by atoms with E-state index in [0.29, 0.717) is 5.92 Å². The molecule has 2 atom stereocenters. The van der Waals surface area contributed by atoms with Crippen molar-refractivity contribution in [3.8, 4) is 0 Å². The summed E-state index contributed by atoms with van der Waals surface area (Å²) in [5.41, 5.74) is -0.818. The lowest BCUT2D eigenvalue weighted by molar-refractivity contribution is -0.135. The number of imide groups is 1. The maximum absolute atomic E-state index is 12.3. The number of nitrogens with one attached hydrogen (secondary N) is 2. The van der Waals surface area contributed by atoms with Crippen LogP contribution < -0.4 is 10.6 Å². The molecule has 1 aliphatic heterocycles. The van der Waals surface area contributed by atoms with Gasteiger partial charge in [0.2, 0.25) is 5.91 Å². The Balaban J connectivity index is 1.97. The van der Waals surface area contributed by atoms with E-state index in [1.165, 1.54) is 0 Å². The highest BCUT2D eigenvalue weighted by atomic mass is 16.2. The molecule has 1 saturated carbocycles. The lowest BCUT2D eigenvalue weighted by Gasteiger charge is -2.22. The predicted octanol–water partition coefficient (Wildman–Crippen LogP) is 0.868. The summed E-state index contributed by atoms with van der Waals surface area (Å²) in [6.07, 6.45) is 1.90. The van der Waals surface area contributed by atoms with Gasteiger partial charge in [-0.25, -0.2) is 4.79 Å². The first-order valence-corrected chi connectivity index (χ1v) is 7.19. The minimum Gasteiger partial charge on any atom is -0.352 e. The topological polar surface area (TPSA) is 78.5 Å². The van der Waals surface area contributed by atoms with Crippen LogP contribution in [0.2, 0.25) is 0 Å². The van der Waals surface area contributed by atoms with Gasteiger partial charge in [0.15, 0.2) is 0 Å². The van der Waals surface area contributed by atoms with Crippen molar-refractivity contribution in [1.82, 2.24) is 15.5 Å². The van der Waals surface area contributed by atoms with Gasteiger partial charge in [0, 0.05) is 6.04 Å². The Kier molecular flexibility index (Phi) is 3.75. The quantitative estimate of drug-likeness (QED) is 0.734. The molecule has 2 N–H and O–H groups in total. The second-order valence-corrected chi connectivity index (χ2v) is 6.40. The van der Waals surface area contributed by atoms with Gasteiger partial charge < -0.3 is 10.6 Å². The van der Waals surface area contributed by atoms with Crippen LogP contribution in [-0.4, -0.2) is 40.9 Å². The molecule has 2 aliphatic rings. The Morgan fingerprint density at radius 2 is 2.00 bits per heavy atom. The first-order valence-electron chi connectivity index (χ1n) is 7.19. The van der Waals surface area contributed by atoms with E-state index < -0.39 is 11.6 Å². The summed E-state index contributed by atoms with van der Waals surface area (Å²) < 4.78 is 0. The van der Waals surface area contributed by atoms with Crippen molar-refractivity contribution >= 4 is 17.8 Å². The molecule has 6 nitrogen and oxygen atoms in total. The maximum atomic E-state index is 12.3. The molecule has 4 amide bonds. The second-order valence-electron chi connectivity index (χ2n) is 6.40. The number of carbonyl (C=O) groups is 3. The lowest BCUT2D eigenvalue weighted by atomic mass is 9.96. The van der Waals surface area contributed by atoms with Crippen LogP contribution in [0.1, 0.15) is 40.5 Å². The van der Waals surface area contributed by atoms with Gasteiger partial charge in [0.05, 0.1) is 0 Å². The number of carbonyl (C=O) groups excluding carboxylic acids is 3. The molecule has 0 bridgehead atoms. The van der Waals surface area contributed by atoms with Crippen molar-refractivity contribution < 1.29 is 14.4 Å². The summed E-state index contributed by atoms with van der Waals surface area (Å²) >= 11 is 0. The van der Waals surface area contributed by atoms with Crippen molar-refractivity contribution in [2.45, 2.75) is 52.1 Å². The van der Waals surface area contributed by atoms with Gasteiger partial charge in [0.25, 0.3) is 5.91 Å². The normalized spacial score (nSPS) is 27.8. The molecule has 0 aromatic rings. The van der Waals surface area contributed by atoms with Crippen molar-refractivity contribution in [2.24, 2.45) is 11.8 Å². The molecule has 1 saturated heterocycles. The van der Waals surface area contributed by atoms with E-state index in [1.807, 2.05) is 20.8 Å². The number of rotatable bonds is 5. The van der Waals surface area contributed by atoms with Crippen LogP contribution in [0.3, 0.4) is 0 Å². The van der Waals surface area contributed by atoms with Gasteiger partial charge in [-0.05, 0) is 38.5 Å². The fourth-order valence-corrected chi connectivity index (χ4v) is 2.41. The minimum atomic E-state index is -0.818. The van der Waals surface area contributed by atoms with Crippen molar-refractivity contribution in [3.63, 3.8) is 0 Å². The third-order valence-corrected chi connectivity index (χ3v) is 4.39. The summed E-state index contributed by atoms with van der Waals surface area (Å²) in [5, 5.41) is 5.54. The Morgan fingerprint density at radius 3 is 2.50 bits per heavy atom. The summed E-state index contributed by atoms with van der Waals surface area (Å²) in [6, 6.07) is -0.449. The molecular formula is C14H23N3O3. The lowest BCUT2D eigenvalue weighted by Crippen LogP contribution is -2.47. The monoisotopic (exact) mass is 281 g/mol. The Morgan fingerprint density at radius 1 is 1.40 bits per heavy atom. The minimum absolute atomic E-state index is 0.0121. The van der Waals surface area contributed by atoms with E-state index in [9.17, 15) is 14.4 Å². The highest BCUT2D eigenvalue weighted by molar-refractivity contribution is 6.09. The number of hydrogen-bond donors (Lipinski definition) is 2. The molecule has 1 aliphatic carbocycles. The summed E-state index contributed by atoms with van der Waals surface area (Å²) in [4.78, 5) is 37.2. The second kappa shape index (κ2) is 5.07. The third kappa shape index (κ3) is 2.64. The molecule has 112 valence electrons. The maximum Gasteiger partial charge on any atom is 0.325 e. The van der Waals surface area contributed by atoms with E-state index in [-0.39, 0.29) is 30.3 Å². The van der Waals surface area contributed by atoms with E-state index in [0.717, 1.165) is 17.7 Å². The Hall–Kier alpha value is -1.59. The SMILES string of the molecule is CC(C)C(C)NC(=O)CN1C(=O)NC(C)(C2CC2)C1=O. The highest BCUT2D eigenvalue weighted by Gasteiger charge is 2.56. The number of hydrogen-bond acceptors (Lipinski definition) is 3.